The molecular formula is C5H11N3O3. The molecule has 0 unspecified atom stereocenters. The molecule has 0 saturated heterocycles. The van der Waals surface area contributed by atoms with Gasteiger partial charge in [-0.15, -0.1) is 0 Å². The van der Waals surface area contributed by atoms with Gasteiger partial charge in [0.2, 0.25) is 5.91 Å². The van der Waals surface area contributed by atoms with E-state index in [2.05, 4.69) is 0 Å². The Morgan fingerprint density at radius 3 is 2.36 bits per heavy atom. The van der Waals surface area contributed by atoms with Gasteiger partial charge in [0.1, 0.15) is 6.04 Å². The third kappa shape index (κ3) is 4.29. The van der Waals surface area contributed by atoms with E-state index in [1.165, 1.54) is 0 Å². The number of rotatable bonds is 5. The van der Waals surface area contributed by atoms with Crippen molar-refractivity contribution in [1.82, 2.24) is 5.43 Å². The summed E-state index contributed by atoms with van der Waals surface area (Å²) in [5.41, 5.74) is 6.84. The average molecular weight is 162 g/mol. The minimum absolute atomic E-state index is 0.0150. The Balaban J connectivity index is 3.70. The lowest BCUT2D eigenvalue weighted by atomic mass is 10.1. The van der Waals surface area contributed by atoms with Crippen LogP contribution in [0.2, 0.25) is 0 Å². The van der Waals surface area contributed by atoms with Crippen molar-refractivity contribution in [2.75, 3.05) is 0 Å². The third-order valence-corrected chi connectivity index (χ3v) is 1.18. The number of nitrogens with two attached hydrogens (primary N) is 2. The highest BCUT2D eigenvalue weighted by Crippen LogP contribution is 1.94. The van der Waals surface area contributed by atoms with Gasteiger partial charge in [0.15, 0.2) is 0 Å². The molecule has 1 amide bonds. The molecule has 0 aliphatic rings. The zero-order chi connectivity index (χ0) is 8.85. The lowest BCUT2D eigenvalue weighted by Crippen LogP contribution is -2.41. The van der Waals surface area contributed by atoms with Crippen LogP contribution in [0.5, 0.6) is 0 Å². The van der Waals surface area contributed by atoms with Gasteiger partial charge in [-0.3, -0.25) is 15.4 Å². The average Bonchev–Trinajstić information content (AvgIpc) is 1.87. The lowest BCUT2D eigenvalue weighted by Gasteiger charge is -2.07. The molecule has 0 saturated carbocycles. The number of aliphatic carboxylic acids is 1. The van der Waals surface area contributed by atoms with Gasteiger partial charge >= 0.3 is 5.97 Å². The summed E-state index contributed by atoms with van der Waals surface area (Å²) in [4.78, 5) is 20.5. The van der Waals surface area contributed by atoms with Gasteiger partial charge in [-0.2, -0.15) is 0 Å². The number of primary amides is 1. The van der Waals surface area contributed by atoms with Crippen molar-refractivity contribution in [2.24, 2.45) is 11.6 Å². The Bertz CT molecular complexity index is 159. The topological polar surface area (TPSA) is 118 Å². The molecule has 0 radical (unpaired) electrons. The highest BCUT2D eigenvalue weighted by atomic mass is 16.4. The standard InChI is InChI=1S/C5H11N3O3/c6-4(9)2-1-3(8-7)5(10)11/h3,8H,1-2,7H2,(H2,6,9)(H,10,11)/t3-/m0/s1/i7+1. The van der Waals surface area contributed by atoms with Crippen LogP contribution in [-0.2, 0) is 9.59 Å². The van der Waals surface area contributed by atoms with E-state index in [4.69, 9.17) is 16.7 Å². The molecule has 0 aliphatic heterocycles. The summed E-state index contributed by atoms with van der Waals surface area (Å²) in [5.74, 6) is 3.25. The van der Waals surface area contributed by atoms with Gasteiger partial charge in [-0.1, -0.05) is 0 Å². The Hall–Kier alpha value is -1.14. The van der Waals surface area contributed by atoms with Gasteiger partial charge in [-0.25, -0.2) is 5.43 Å². The van der Waals surface area contributed by atoms with Crippen LogP contribution in [0.15, 0.2) is 0 Å². The first-order valence-corrected chi connectivity index (χ1v) is 3.05. The number of carbonyl (C=O) groups excluding carboxylic acids is 1. The fourth-order valence-corrected chi connectivity index (χ4v) is 0.565. The highest BCUT2D eigenvalue weighted by molar-refractivity contribution is 5.77. The number of hydrazine groups is 1. The Morgan fingerprint density at radius 2 is 2.09 bits per heavy atom. The van der Waals surface area contributed by atoms with Crippen LogP contribution in [0.1, 0.15) is 12.8 Å². The third-order valence-electron chi connectivity index (χ3n) is 1.18. The van der Waals surface area contributed by atoms with Crippen LogP contribution >= 0.6 is 0 Å². The number of carboxylic acids is 1. The summed E-state index contributed by atoms with van der Waals surface area (Å²) in [5, 5.41) is 8.39. The molecule has 11 heavy (non-hydrogen) atoms. The number of carbonyl (C=O) groups is 2. The maximum atomic E-state index is 10.2. The van der Waals surface area contributed by atoms with Crippen molar-refractivity contribution in [3.8, 4) is 0 Å². The summed E-state index contributed by atoms with van der Waals surface area (Å²) in [6.45, 7) is 0. The maximum absolute atomic E-state index is 10.2. The molecule has 1 atom stereocenters. The van der Waals surface area contributed by atoms with E-state index in [9.17, 15) is 9.59 Å². The van der Waals surface area contributed by atoms with Crippen molar-refractivity contribution in [1.29, 1.82) is 0 Å². The molecule has 0 rings (SSSR count). The van der Waals surface area contributed by atoms with E-state index in [0.717, 1.165) is 0 Å². The summed E-state index contributed by atoms with van der Waals surface area (Å²) < 4.78 is 0. The quantitative estimate of drug-likeness (QED) is 0.215. The second-order valence-electron chi connectivity index (χ2n) is 2.06. The van der Waals surface area contributed by atoms with E-state index in [-0.39, 0.29) is 12.8 Å². The molecule has 6 heteroatoms. The maximum Gasteiger partial charge on any atom is 0.322 e. The molecule has 0 fully saturated rings. The normalized spacial score (nSPS) is 12.5. The van der Waals surface area contributed by atoms with Crippen LogP contribution in [0.3, 0.4) is 0 Å². The molecule has 0 aromatic heterocycles. The SMILES string of the molecule is NC(=O)CC[C@H](N[15NH2])C(=O)O. The fourth-order valence-electron chi connectivity index (χ4n) is 0.565. The van der Waals surface area contributed by atoms with Gasteiger partial charge in [0, 0.05) is 6.42 Å². The van der Waals surface area contributed by atoms with E-state index in [0.29, 0.717) is 0 Å². The van der Waals surface area contributed by atoms with Gasteiger partial charge in [-0.05, 0) is 6.42 Å². The molecule has 0 aromatic carbocycles. The van der Waals surface area contributed by atoms with Crippen LogP contribution < -0.4 is 17.0 Å². The first-order chi connectivity index (χ1) is 5.07. The first-order valence-electron chi connectivity index (χ1n) is 3.05. The summed E-state index contributed by atoms with van der Waals surface area (Å²) >= 11 is 0. The Kier molecular flexibility index (Phi) is 4.16. The molecular weight excluding hydrogens is 151 g/mol. The summed E-state index contributed by atoms with van der Waals surface area (Å²) in [6, 6.07) is -0.900. The molecule has 0 bridgehead atoms. The Labute approximate surface area is 63.5 Å². The largest absolute Gasteiger partial charge is 0.480 e. The van der Waals surface area contributed by atoms with Crippen molar-refractivity contribution < 1.29 is 14.7 Å². The van der Waals surface area contributed by atoms with E-state index < -0.39 is 17.9 Å². The minimum atomic E-state index is -1.09. The molecule has 64 valence electrons. The van der Waals surface area contributed by atoms with Gasteiger partial charge in [0.05, 0.1) is 0 Å². The summed E-state index contributed by atoms with van der Waals surface area (Å²) in [6.07, 6.45) is 0.127. The van der Waals surface area contributed by atoms with Crippen LogP contribution in [-0.4, -0.2) is 23.0 Å². The molecule has 0 aromatic rings. The predicted octanol–water partition coefficient (Wildman–Crippen LogP) is -1.83. The van der Waals surface area contributed by atoms with Crippen molar-refractivity contribution >= 4 is 11.9 Å². The molecule has 6 nitrogen and oxygen atoms in total. The van der Waals surface area contributed by atoms with E-state index >= 15 is 0 Å². The molecule has 6 N–H and O–H groups in total. The van der Waals surface area contributed by atoms with Crippen molar-refractivity contribution in [2.45, 2.75) is 18.9 Å². The zero-order valence-electron chi connectivity index (χ0n) is 5.91. The van der Waals surface area contributed by atoms with Crippen LogP contribution in [0.4, 0.5) is 0 Å². The lowest BCUT2D eigenvalue weighted by molar-refractivity contribution is -0.139. The number of amides is 1. The van der Waals surface area contributed by atoms with E-state index in [1.807, 2.05) is 5.43 Å². The van der Waals surface area contributed by atoms with Gasteiger partial charge < -0.3 is 10.8 Å². The second-order valence-corrected chi connectivity index (χ2v) is 2.06. The number of nitrogens with one attached hydrogen (secondary N) is 1. The smallest absolute Gasteiger partial charge is 0.322 e. The van der Waals surface area contributed by atoms with Gasteiger partial charge in [0.25, 0.3) is 0 Å². The first kappa shape index (κ1) is 9.86. The van der Waals surface area contributed by atoms with Crippen molar-refractivity contribution in [3.05, 3.63) is 0 Å². The van der Waals surface area contributed by atoms with Crippen LogP contribution in [0.25, 0.3) is 0 Å². The van der Waals surface area contributed by atoms with Crippen molar-refractivity contribution in [3.63, 3.8) is 0 Å². The number of hydrogen-bond acceptors (Lipinski definition) is 4. The van der Waals surface area contributed by atoms with E-state index in [1.54, 1.807) is 0 Å². The minimum Gasteiger partial charge on any atom is -0.480 e. The molecule has 0 heterocycles. The monoisotopic (exact) mass is 162 g/mol. The fraction of sp³-hybridized carbons (Fsp3) is 0.600. The molecule has 0 aliphatic carbocycles. The highest BCUT2D eigenvalue weighted by Gasteiger charge is 2.15. The Morgan fingerprint density at radius 1 is 1.55 bits per heavy atom. The number of hydrogen-bond donors (Lipinski definition) is 4. The second kappa shape index (κ2) is 4.64. The molecule has 0 spiro atoms. The number of carboxylic acid groups (broad SMARTS) is 1. The van der Waals surface area contributed by atoms with Crippen LogP contribution in [0, 0.1) is 0 Å². The zero-order valence-corrected chi connectivity index (χ0v) is 5.91. The predicted molar refractivity (Wildman–Crippen MR) is 37.2 cm³/mol. The summed E-state index contributed by atoms with van der Waals surface area (Å²) in [7, 11) is 0.